The first-order valence-corrected chi connectivity index (χ1v) is 6.54. The van der Waals surface area contributed by atoms with Crippen molar-refractivity contribution in [1.82, 2.24) is 10.3 Å². The van der Waals surface area contributed by atoms with Crippen LogP contribution in [0.15, 0.2) is 42.6 Å². The number of hydrogen-bond donors (Lipinski definition) is 1. The molecule has 0 saturated heterocycles. The second-order valence-electron chi connectivity index (χ2n) is 4.34. The number of nitrogens with one attached hydrogen (secondary N) is 1. The van der Waals surface area contributed by atoms with E-state index >= 15 is 0 Å². The molecule has 0 aliphatic carbocycles. The van der Waals surface area contributed by atoms with Crippen LogP contribution in [0.5, 0.6) is 5.75 Å². The van der Waals surface area contributed by atoms with E-state index in [1.54, 1.807) is 13.2 Å². The Morgan fingerprint density at radius 3 is 2.60 bits per heavy atom. The lowest BCUT2D eigenvalue weighted by molar-refractivity contribution is 0.0940. The Kier molecular flexibility index (Phi) is 4.58. The van der Waals surface area contributed by atoms with E-state index in [0.717, 1.165) is 11.3 Å². The Bertz CT molecular complexity index is 599. The minimum absolute atomic E-state index is 0.111. The van der Waals surface area contributed by atoms with Gasteiger partial charge in [-0.2, -0.15) is 0 Å². The quantitative estimate of drug-likeness (QED) is 0.880. The Morgan fingerprint density at radius 1 is 1.30 bits per heavy atom. The fourth-order valence-corrected chi connectivity index (χ4v) is 1.97. The molecule has 1 aromatic heterocycles. The third-order valence-electron chi connectivity index (χ3n) is 2.95. The van der Waals surface area contributed by atoms with E-state index < -0.39 is 0 Å². The second-order valence-corrected chi connectivity index (χ2v) is 4.72. The van der Waals surface area contributed by atoms with E-state index in [-0.39, 0.29) is 11.9 Å². The van der Waals surface area contributed by atoms with Crippen LogP contribution in [0.25, 0.3) is 0 Å². The first-order valence-electron chi connectivity index (χ1n) is 6.16. The third kappa shape index (κ3) is 3.48. The van der Waals surface area contributed by atoms with Gasteiger partial charge in [0.2, 0.25) is 0 Å². The molecule has 2 rings (SSSR count). The van der Waals surface area contributed by atoms with Crippen molar-refractivity contribution in [2.24, 2.45) is 0 Å². The molecular formula is C15H15ClN2O2. The fourth-order valence-electron chi connectivity index (χ4n) is 1.80. The van der Waals surface area contributed by atoms with Crippen LogP contribution in [0.3, 0.4) is 0 Å². The largest absolute Gasteiger partial charge is 0.497 e. The van der Waals surface area contributed by atoms with E-state index in [4.69, 9.17) is 16.3 Å². The second kappa shape index (κ2) is 6.39. The molecule has 1 unspecified atom stereocenters. The van der Waals surface area contributed by atoms with Gasteiger partial charge in [-0.3, -0.25) is 4.79 Å². The van der Waals surface area contributed by atoms with Crippen LogP contribution in [0.4, 0.5) is 0 Å². The molecule has 104 valence electrons. The Morgan fingerprint density at radius 2 is 2.00 bits per heavy atom. The van der Waals surface area contributed by atoms with Crippen molar-refractivity contribution < 1.29 is 9.53 Å². The van der Waals surface area contributed by atoms with Crippen molar-refractivity contribution >= 4 is 17.5 Å². The summed E-state index contributed by atoms with van der Waals surface area (Å²) in [5.74, 6) is 0.603. The molecule has 1 N–H and O–H groups in total. The van der Waals surface area contributed by atoms with Crippen LogP contribution in [0.2, 0.25) is 5.15 Å². The zero-order valence-corrected chi connectivity index (χ0v) is 12.0. The summed E-state index contributed by atoms with van der Waals surface area (Å²) < 4.78 is 5.10. The Hall–Kier alpha value is -2.07. The molecule has 20 heavy (non-hydrogen) atoms. The number of benzene rings is 1. The summed E-state index contributed by atoms with van der Waals surface area (Å²) in [4.78, 5) is 15.9. The number of carbonyl (C=O) groups is 1. The molecule has 0 spiro atoms. The van der Waals surface area contributed by atoms with Gasteiger partial charge in [0, 0.05) is 11.8 Å². The number of hydrogen-bond acceptors (Lipinski definition) is 3. The van der Waals surface area contributed by atoms with Crippen LogP contribution in [-0.2, 0) is 0 Å². The average Bonchev–Trinajstić information content (AvgIpc) is 2.47. The van der Waals surface area contributed by atoms with Crippen LogP contribution in [0, 0.1) is 0 Å². The third-order valence-corrected chi connectivity index (χ3v) is 3.16. The summed E-state index contributed by atoms with van der Waals surface area (Å²) in [6.45, 7) is 1.92. The molecule has 4 nitrogen and oxygen atoms in total. The van der Waals surface area contributed by atoms with Crippen molar-refractivity contribution in [1.29, 1.82) is 0 Å². The average molecular weight is 291 g/mol. The molecule has 0 aliphatic heterocycles. The van der Waals surface area contributed by atoms with Gasteiger partial charge in [0.15, 0.2) is 0 Å². The van der Waals surface area contributed by atoms with Gasteiger partial charge in [0.25, 0.3) is 5.91 Å². The first-order chi connectivity index (χ1) is 9.60. The predicted molar refractivity (Wildman–Crippen MR) is 78.1 cm³/mol. The summed E-state index contributed by atoms with van der Waals surface area (Å²) in [7, 11) is 1.62. The van der Waals surface area contributed by atoms with E-state index in [9.17, 15) is 4.79 Å². The lowest BCUT2D eigenvalue weighted by Gasteiger charge is -2.14. The highest BCUT2D eigenvalue weighted by Gasteiger charge is 2.12. The number of rotatable bonds is 4. The van der Waals surface area contributed by atoms with E-state index in [1.807, 2.05) is 31.2 Å². The Balaban J connectivity index is 2.06. The zero-order chi connectivity index (χ0) is 14.5. The van der Waals surface area contributed by atoms with Gasteiger partial charge < -0.3 is 10.1 Å². The normalized spacial score (nSPS) is 11.8. The molecule has 1 aromatic carbocycles. The summed E-state index contributed by atoms with van der Waals surface area (Å²) in [5, 5.41) is 3.21. The summed E-state index contributed by atoms with van der Waals surface area (Å²) >= 11 is 5.77. The number of methoxy groups -OCH3 is 1. The van der Waals surface area contributed by atoms with Gasteiger partial charge in [0.05, 0.1) is 13.2 Å². The molecule has 0 bridgehead atoms. The van der Waals surface area contributed by atoms with Crippen LogP contribution in [0.1, 0.15) is 28.9 Å². The number of halogens is 1. The van der Waals surface area contributed by atoms with Crippen molar-refractivity contribution in [2.45, 2.75) is 13.0 Å². The van der Waals surface area contributed by atoms with E-state index in [0.29, 0.717) is 10.7 Å². The highest BCUT2D eigenvalue weighted by molar-refractivity contribution is 6.29. The summed E-state index contributed by atoms with van der Waals surface area (Å²) in [6.07, 6.45) is 1.51. The Labute approximate surface area is 122 Å². The van der Waals surface area contributed by atoms with Gasteiger partial charge in [-0.1, -0.05) is 23.7 Å². The van der Waals surface area contributed by atoms with Crippen molar-refractivity contribution in [2.75, 3.05) is 7.11 Å². The first kappa shape index (κ1) is 14.3. The number of pyridine rings is 1. The molecule has 0 fully saturated rings. The topological polar surface area (TPSA) is 51.2 Å². The zero-order valence-electron chi connectivity index (χ0n) is 11.3. The standard InChI is InChI=1S/C15H15ClN2O2/c1-10(11-3-5-13(20-2)6-4-11)18-15(19)12-7-8-17-14(16)9-12/h3-10H,1-2H3,(H,18,19). The summed E-state index contributed by atoms with van der Waals surface area (Å²) in [5.41, 5.74) is 1.49. The number of carbonyl (C=O) groups excluding carboxylic acids is 1. The SMILES string of the molecule is COc1ccc(C(C)NC(=O)c2ccnc(Cl)c2)cc1. The minimum Gasteiger partial charge on any atom is -0.497 e. The van der Waals surface area contributed by atoms with Gasteiger partial charge in [-0.05, 0) is 36.8 Å². The van der Waals surface area contributed by atoms with Gasteiger partial charge >= 0.3 is 0 Å². The maximum atomic E-state index is 12.1. The molecule has 5 heteroatoms. The number of nitrogens with zero attached hydrogens (tertiary/aromatic N) is 1. The van der Waals surface area contributed by atoms with Gasteiger partial charge in [-0.15, -0.1) is 0 Å². The fraction of sp³-hybridized carbons (Fsp3) is 0.200. The maximum Gasteiger partial charge on any atom is 0.251 e. The number of amides is 1. The minimum atomic E-state index is -0.183. The van der Waals surface area contributed by atoms with Crippen molar-refractivity contribution in [3.63, 3.8) is 0 Å². The van der Waals surface area contributed by atoms with Crippen LogP contribution in [-0.4, -0.2) is 18.0 Å². The lowest BCUT2D eigenvalue weighted by Crippen LogP contribution is -2.26. The van der Waals surface area contributed by atoms with Crippen LogP contribution >= 0.6 is 11.6 Å². The van der Waals surface area contributed by atoms with Gasteiger partial charge in [0.1, 0.15) is 10.9 Å². The molecule has 1 heterocycles. The number of aromatic nitrogens is 1. The van der Waals surface area contributed by atoms with Gasteiger partial charge in [-0.25, -0.2) is 4.98 Å². The highest BCUT2D eigenvalue weighted by Crippen LogP contribution is 2.18. The molecule has 0 saturated carbocycles. The number of ether oxygens (including phenoxy) is 1. The molecule has 2 aromatic rings. The van der Waals surface area contributed by atoms with E-state index in [2.05, 4.69) is 10.3 Å². The molecule has 0 aliphatic rings. The highest BCUT2D eigenvalue weighted by atomic mass is 35.5. The molecule has 1 amide bonds. The maximum absolute atomic E-state index is 12.1. The predicted octanol–water partition coefficient (Wildman–Crippen LogP) is 3.23. The smallest absolute Gasteiger partial charge is 0.251 e. The summed E-state index contributed by atoms with van der Waals surface area (Å²) in [6, 6.07) is 10.6. The molecular weight excluding hydrogens is 276 g/mol. The van der Waals surface area contributed by atoms with Crippen LogP contribution < -0.4 is 10.1 Å². The van der Waals surface area contributed by atoms with Crippen molar-refractivity contribution in [3.05, 3.63) is 58.9 Å². The van der Waals surface area contributed by atoms with E-state index in [1.165, 1.54) is 12.3 Å². The molecule has 0 radical (unpaired) electrons. The monoisotopic (exact) mass is 290 g/mol. The van der Waals surface area contributed by atoms with Crippen molar-refractivity contribution in [3.8, 4) is 5.75 Å². The lowest BCUT2D eigenvalue weighted by atomic mass is 10.1. The molecule has 1 atom stereocenters.